The molecule has 0 radical (unpaired) electrons. The molecule has 19 heavy (non-hydrogen) atoms. The van der Waals surface area contributed by atoms with Crippen molar-refractivity contribution in [1.82, 2.24) is 0 Å². The lowest BCUT2D eigenvalue weighted by molar-refractivity contribution is -0.131. The van der Waals surface area contributed by atoms with E-state index in [1.807, 2.05) is 13.8 Å². The van der Waals surface area contributed by atoms with Crippen LogP contribution in [0.25, 0.3) is 0 Å². The summed E-state index contributed by atoms with van der Waals surface area (Å²) in [5, 5.41) is 8.85. The van der Waals surface area contributed by atoms with Crippen molar-refractivity contribution >= 4 is 27.7 Å². The van der Waals surface area contributed by atoms with Crippen LogP contribution in [0, 0.1) is 0 Å². The average molecular weight is 331 g/mol. The Kier molecular flexibility index (Phi) is 4.94. The molecular weight excluding hydrogens is 316 g/mol. The van der Waals surface area contributed by atoms with Gasteiger partial charge in [0, 0.05) is 0 Å². The molecule has 5 nitrogen and oxygen atoms in total. The van der Waals surface area contributed by atoms with E-state index in [9.17, 15) is 9.59 Å². The molecule has 0 bridgehead atoms. The van der Waals surface area contributed by atoms with Gasteiger partial charge in [0.2, 0.25) is 0 Å². The van der Waals surface area contributed by atoms with E-state index in [0.717, 1.165) is 5.56 Å². The van der Waals surface area contributed by atoms with Crippen molar-refractivity contribution in [3.05, 3.63) is 21.7 Å². The molecule has 0 atom stereocenters. The number of carboxylic acids is 1. The third-order valence-corrected chi connectivity index (χ3v) is 3.39. The molecule has 0 saturated heterocycles. The van der Waals surface area contributed by atoms with E-state index in [-0.39, 0.29) is 17.2 Å². The molecule has 0 aromatic heterocycles. The van der Waals surface area contributed by atoms with E-state index >= 15 is 0 Å². The minimum Gasteiger partial charge on any atom is -0.495 e. The lowest BCUT2D eigenvalue weighted by Crippen LogP contribution is -2.15. The van der Waals surface area contributed by atoms with E-state index in [4.69, 9.17) is 14.6 Å². The van der Waals surface area contributed by atoms with Crippen LogP contribution in [-0.2, 0) is 4.79 Å². The van der Waals surface area contributed by atoms with E-state index in [1.54, 1.807) is 0 Å². The first-order chi connectivity index (χ1) is 8.84. The fourth-order valence-corrected chi connectivity index (χ4v) is 2.52. The molecule has 1 N–H and O–H groups in total. The van der Waals surface area contributed by atoms with Gasteiger partial charge in [-0.15, -0.1) is 0 Å². The van der Waals surface area contributed by atoms with Gasteiger partial charge in [0.1, 0.15) is 16.0 Å². The van der Waals surface area contributed by atoms with Gasteiger partial charge in [-0.05, 0) is 33.5 Å². The number of carboxylic acid groups (broad SMARTS) is 1. The molecule has 0 unspecified atom stereocenters. The van der Waals surface area contributed by atoms with Gasteiger partial charge < -0.3 is 14.6 Å². The van der Waals surface area contributed by atoms with Crippen molar-refractivity contribution in [3.63, 3.8) is 0 Å². The van der Waals surface area contributed by atoms with Gasteiger partial charge in [-0.2, -0.15) is 0 Å². The molecule has 1 rings (SSSR count). The predicted octanol–water partition coefficient (Wildman–Crippen LogP) is 2.86. The Balaban J connectivity index is 3.64. The number of ether oxygens (including phenoxy) is 2. The Hall–Kier alpha value is -1.56. The van der Waals surface area contributed by atoms with Crippen molar-refractivity contribution < 1.29 is 24.2 Å². The number of rotatable bonds is 5. The first-order valence-corrected chi connectivity index (χ1v) is 6.36. The quantitative estimate of drug-likeness (QED) is 0.663. The Morgan fingerprint density at radius 3 is 2.11 bits per heavy atom. The van der Waals surface area contributed by atoms with Crippen LogP contribution in [-0.4, -0.2) is 31.1 Å². The highest BCUT2D eigenvalue weighted by atomic mass is 79.9. The Morgan fingerprint density at radius 1 is 1.21 bits per heavy atom. The number of hydrogen-bond donors (Lipinski definition) is 1. The highest BCUT2D eigenvalue weighted by Crippen LogP contribution is 2.42. The zero-order chi connectivity index (χ0) is 14.7. The van der Waals surface area contributed by atoms with E-state index in [2.05, 4.69) is 15.9 Å². The summed E-state index contributed by atoms with van der Waals surface area (Å²) >= 11 is 3.29. The molecular formula is C13H15BrO5. The highest BCUT2D eigenvalue weighted by molar-refractivity contribution is 9.10. The van der Waals surface area contributed by atoms with Crippen LogP contribution in [0.4, 0.5) is 0 Å². The first-order valence-electron chi connectivity index (χ1n) is 5.57. The number of Topliss-reactive ketones (excluding diaryl/α,β-unsaturated/α-hetero) is 1. The minimum absolute atomic E-state index is 0.00590. The van der Waals surface area contributed by atoms with Crippen molar-refractivity contribution in [2.24, 2.45) is 0 Å². The second-order valence-electron chi connectivity index (χ2n) is 4.18. The SMILES string of the molecule is COc1c(C(=O)C(=O)O)cc(C(C)C)c(OC)c1Br. The summed E-state index contributed by atoms with van der Waals surface area (Å²) in [6.07, 6.45) is 0. The Labute approximate surface area is 119 Å². The van der Waals surface area contributed by atoms with Crippen molar-refractivity contribution in [1.29, 1.82) is 0 Å². The first kappa shape index (κ1) is 15.5. The number of carbonyl (C=O) groups excluding carboxylic acids is 1. The molecule has 6 heteroatoms. The summed E-state index contributed by atoms with van der Waals surface area (Å²) in [7, 11) is 2.87. The maximum Gasteiger partial charge on any atom is 0.377 e. The fraction of sp³-hybridized carbons (Fsp3) is 0.385. The molecule has 0 aliphatic carbocycles. The molecule has 0 fully saturated rings. The molecule has 104 valence electrons. The predicted molar refractivity (Wildman–Crippen MR) is 73.3 cm³/mol. The Morgan fingerprint density at radius 2 is 1.74 bits per heavy atom. The van der Waals surface area contributed by atoms with Crippen LogP contribution in [0.3, 0.4) is 0 Å². The van der Waals surface area contributed by atoms with Crippen LogP contribution in [0.1, 0.15) is 35.7 Å². The number of hydrogen-bond acceptors (Lipinski definition) is 4. The summed E-state index contributed by atoms with van der Waals surface area (Å²) in [5.74, 6) is -1.77. The largest absolute Gasteiger partial charge is 0.495 e. The van der Waals surface area contributed by atoms with E-state index < -0.39 is 11.8 Å². The maximum absolute atomic E-state index is 11.7. The van der Waals surface area contributed by atoms with Crippen LogP contribution in [0.2, 0.25) is 0 Å². The van der Waals surface area contributed by atoms with Crippen LogP contribution >= 0.6 is 15.9 Å². The summed E-state index contributed by atoms with van der Waals surface area (Å²) in [4.78, 5) is 22.6. The molecule has 0 aliphatic heterocycles. The second kappa shape index (κ2) is 6.06. The van der Waals surface area contributed by atoms with Gasteiger partial charge in [-0.1, -0.05) is 13.8 Å². The number of benzene rings is 1. The highest BCUT2D eigenvalue weighted by Gasteiger charge is 2.26. The molecule has 0 amide bonds. The monoisotopic (exact) mass is 330 g/mol. The fourth-order valence-electron chi connectivity index (χ4n) is 1.75. The second-order valence-corrected chi connectivity index (χ2v) is 4.98. The molecule has 0 heterocycles. The maximum atomic E-state index is 11.7. The number of carbonyl (C=O) groups is 2. The number of ketones is 1. The lowest BCUT2D eigenvalue weighted by atomic mass is 9.97. The van der Waals surface area contributed by atoms with Gasteiger partial charge in [-0.3, -0.25) is 4.79 Å². The third kappa shape index (κ3) is 2.89. The normalized spacial score (nSPS) is 10.4. The summed E-state index contributed by atoms with van der Waals surface area (Å²) < 4.78 is 10.8. The van der Waals surface area contributed by atoms with Crippen molar-refractivity contribution in [2.75, 3.05) is 14.2 Å². The zero-order valence-electron chi connectivity index (χ0n) is 11.1. The van der Waals surface area contributed by atoms with Crippen molar-refractivity contribution in [3.8, 4) is 11.5 Å². The molecule has 1 aromatic rings. The van der Waals surface area contributed by atoms with Gasteiger partial charge in [0.05, 0.1) is 19.8 Å². The topological polar surface area (TPSA) is 72.8 Å². The van der Waals surface area contributed by atoms with E-state index in [1.165, 1.54) is 20.3 Å². The number of methoxy groups -OCH3 is 2. The minimum atomic E-state index is -1.52. The van der Waals surface area contributed by atoms with Crippen LogP contribution in [0.5, 0.6) is 11.5 Å². The van der Waals surface area contributed by atoms with Crippen molar-refractivity contribution in [2.45, 2.75) is 19.8 Å². The summed E-state index contributed by atoms with van der Waals surface area (Å²) in [6.45, 7) is 3.84. The Bertz CT molecular complexity index is 522. The standard InChI is InChI=1S/C13H15BrO5/c1-6(2)7-5-8(10(15)13(16)17)12(19-4)9(14)11(7)18-3/h5-6H,1-4H3,(H,16,17). The molecule has 0 aliphatic rings. The zero-order valence-corrected chi connectivity index (χ0v) is 12.7. The third-order valence-electron chi connectivity index (χ3n) is 2.67. The number of halogens is 1. The van der Waals surface area contributed by atoms with Crippen LogP contribution < -0.4 is 9.47 Å². The summed E-state index contributed by atoms with van der Waals surface area (Å²) in [5.41, 5.74) is 0.742. The van der Waals surface area contributed by atoms with Gasteiger partial charge in [0.25, 0.3) is 5.78 Å². The lowest BCUT2D eigenvalue weighted by Gasteiger charge is -2.18. The van der Waals surface area contributed by atoms with Gasteiger partial charge in [-0.25, -0.2) is 4.79 Å². The molecule has 0 saturated carbocycles. The van der Waals surface area contributed by atoms with Crippen LogP contribution in [0.15, 0.2) is 10.5 Å². The average Bonchev–Trinajstić information content (AvgIpc) is 2.36. The summed E-state index contributed by atoms with van der Waals surface area (Å²) in [6, 6.07) is 1.50. The molecule has 1 aromatic carbocycles. The van der Waals surface area contributed by atoms with E-state index in [0.29, 0.717) is 10.2 Å². The molecule has 0 spiro atoms. The van der Waals surface area contributed by atoms with Gasteiger partial charge >= 0.3 is 5.97 Å². The van der Waals surface area contributed by atoms with Gasteiger partial charge in [0.15, 0.2) is 0 Å². The number of aliphatic carboxylic acids is 1. The smallest absolute Gasteiger partial charge is 0.377 e.